The number of amides is 3. The van der Waals surface area contributed by atoms with Gasteiger partial charge in [0.15, 0.2) is 0 Å². The van der Waals surface area contributed by atoms with E-state index in [1.54, 1.807) is 11.8 Å². The number of carbonyl (C=O) groups excluding carboxylic acids is 3. The maximum absolute atomic E-state index is 12.9. The van der Waals surface area contributed by atoms with Crippen molar-refractivity contribution in [1.29, 1.82) is 0 Å². The van der Waals surface area contributed by atoms with E-state index in [9.17, 15) is 14.4 Å². The third-order valence-corrected chi connectivity index (χ3v) is 5.66. The Morgan fingerprint density at radius 3 is 2.56 bits per heavy atom. The number of aryl methyl sites for hydroxylation is 1. The third kappa shape index (κ3) is 5.45. The second-order valence-corrected chi connectivity index (χ2v) is 7.89. The van der Waals surface area contributed by atoms with Gasteiger partial charge in [-0.1, -0.05) is 32.9 Å². The minimum atomic E-state index is -0.597. The van der Waals surface area contributed by atoms with Crippen LogP contribution in [-0.2, 0) is 23.2 Å². The highest BCUT2D eigenvalue weighted by atomic mass is 16.2. The molecule has 3 amide bonds. The van der Waals surface area contributed by atoms with Gasteiger partial charge in [-0.15, -0.1) is 12.3 Å². The molecule has 1 atom stereocenters. The van der Waals surface area contributed by atoms with Crippen molar-refractivity contribution in [3.05, 3.63) is 47.3 Å². The number of benzene rings is 1. The number of aromatic nitrogens is 2. The van der Waals surface area contributed by atoms with Gasteiger partial charge in [-0.25, -0.2) is 0 Å². The lowest BCUT2D eigenvalue weighted by molar-refractivity contribution is -0.136. The normalized spacial score (nSPS) is 17.1. The number of fused-ring (bicyclic) bond motifs is 1. The fourth-order valence-electron chi connectivity index (χ4n) is 4.26. The summed E-state index contributed by atoms with van der Waals surface area (Å²) in [6.45, 7) is 10.2. The Morgan fingerprint density at radius 2 is 1.94 bits per heavy atom. The summed E-state index contributed by atoms with van der Waals surface area (Å²) in [6.07, 6.45) is 10.2. The highest BCUT2D eigenvalue weighted by molar-refractivity contribution is 6.05. The largest absolute Gasteiger partial charge is 0.322 e. The summed E-state index contributed by atoms with van der Waals surface area (Å²) in [5.41, 5.74) is 5.73. The quantitative estimate of drug-likeness (QED) is 0.542. The topological polar surface area (TPSA) is 84.3 Å². The average Bonchev–Trinajstić information content (AvgIpc) is 3.35. The van der Waals surface area contributed by atoms with Gasteiger partial charge in [-0.3, -0.25) is 24.4 Å². The van der Waals surface area contributed by atoms with E-state index in [1.165, 1.54) is 0 Å². The molecule has 7 nitrogen and oxygen atoms in total. The number of piperidine rings is 1. The zero-order valence-corrected chi connectivity index (χ0v) is 20.9. The molecule has 1 aromatic carbocycles. The second kappa shape index (κ2) is 12.0. The molecule has 0 saturated carbocycles. The minimum Gasteiger partial charge on any atom is -0.322 e. The Balaban J connectivity index is 0.000000758. The van der Waals surface area contributed by atoms with Crippen LogP contribution in [0, 0.1) is 12.3 Å². The van der Waals surface area contributed by atoms with Crippen LogP contribution in [0.2, 0.25) is 0 Å². The zero-order chi connectivity index (χ0) is 25.4. The molecule has 4 rings (SSSR count). The smallest absolute Gasteiger partial charge is 0.255 e. The molecule has 0 radical (unpaired) electrons. The molecule has 7 heteroatoms. The maximum Gasteiger partial charge on any atom is 0.255 e. The molecule has 0 spiro atoms. The van der Waals surface area contributed by atoms with E-state index in [1.807, 2.05) is 50.0 Å². The highest BCUT2D eigenvalue weighted by Crippen LogP contribution is 2.34. The van der Waals surface area contributed by atoms with Gasteiger partial charge >= 0.3 is 0 Å². The molecule has 34 heavy (non-hydrogen) atoms. The molecule has 0 aliphatic carbocycles. The molecule has 1 unspecified atom stereocenters. The van der Waals surface area contributed by atoms with E-state index in [2.05, 4.69) is 42.7 Å². The second-order valence-electron chi connectivity index (χ2n) is 7.89. The molecular formula is C27H34N4O3. The average molecular weight is 463 g/mol. The molecular weight excluding hydrogens is 428 g/mol. The van der Waals surface area contributed by atoms with E-state index in [0.717, 1.165) is 34.4 Å². The van der Waals surface area contributed by atoms with Gasteiger partial charge < -0.3 is 4.90 Å². The number of hydrogen-bond donors (Lipinski definition) is 1. The van der Waals surface area contributed by atoms with Crippen LogP contribution in [0.1, 0.15) is 75.5 Å². The Morgan fingerprint density at radius 1 is 1.26 bits per heavy atom. The van der Waals surface area contributed by atoms with E-state index in [4.69, 9.17) is 0 Å². The summed E-state index contributed by atoms with van der Waals surface area (Å²) in [5, 5.41) is 6.76. The van der Waals surface area contributed by atoms with Crippen LogP contribution in [-0.4, -0.2) is 38.4 Å². The summed E-state index contributed by atoms with van der Waals surface area (Å²) in [5.74, 6) is 1.42. The minimum absolute atomic E-state index is 0.158. The van der Waals surface area contributed by atoms with Gasteiger partial charge in [-0.05, 0) is 55.5 Å². The zero-order valence-electron chi connectivity index (χ0n) is 20.9. The summed E-state index contributed by atoms with van der Waals surface area (Å²) < 4.78 is 1.87. The first-order chi connectivity index (χ1) is 16.3. The molecule has 2 aromatic rings. The molecule has 1 N–H and O–H groups in total. The number of allylic oxidation sites excluding steroid dienone is 2. The standard InChI is InChI=1S/C22H24N4O3.C3H4.C2H6/c1-4-5-13(2)20-17(11-23-25(20)3)14-6-7-16-15(10-14)12-26(22(16)29)18-8-9-19(27)24-21(18)28;1-3-2;1-2/h5-7,10-11,18H,4,8-9,12H2,1-3H3,(H,24,27,28);1H,2H3;1-2H3/b13-5+;;. The number of nitrogens with one attached hydrogen (secondary N) is 1. The van der Waals surface area contributed by atoms with Crippen molar-refractivity contribution in [2.45, 2.75) is 66.5 Å². The first kappa shape index (κ1) is 26.6. The Labute approximate surface area is 202 Å². The van der Waals surface area contributed by atoms with Gasteiger partial charge in [0.25, 0.3) is 5.91 Å². The molecule has 1 fully saturated rings. The Kier molecular flexibility index (Phi) is 9.37. The van der Waals surface area contributed by atoms with E-state index in [0.29, 0.717) is 18.5 Å². The van der Waals surface area contributed by atoms with Gasteiger partial charge in [0.1, 0.15) is 6.04 Å². The van der Waals surface area contributed by atoms with Crippen molar-refractivity contribution in [2.24, 2.45) is 7.05 Å². The monoisotopic (exact) mass is 462 g/mol. The molecule has 0 bridgehead atoms. The maximum atomic E-state index is 12.9. The van der Waals surface area contributed by atoms with Gasteiger partial charge in [0, 0.05) is 31.1 Å². The van der Waals surface area contributed by atoms with Gasteiger partial charge in [0.2, 0.25) is 11.8 Å². The predicted molar refractivity (Wildman–Crippen MR) is 134 cm³/mol. The Hall–Kier alpha value is -3.66. The van der Waals surface area contributed by atoms with E-state index < -0.39 is 11.9 Å². The lowest BCUT2D eigenvalue weighted by Gasteiger charge is -2.29. The summed E-state index contributed by atoms with van der Waals surface area (Å²) in [7, 11) is 1.92. The molecule has 1 saturated heterocycles. The Bertz CT molecular complexity index is 1140. The summed E-state index contributed by atoms with van der Waals surface area (Å²) in [4.78, 5) is 38.1. The summed E-state index contributed by atoms with van der Waals surface area (Å²) in [6, 6.07) is 5.18. The van der Waals surface area contributed by atoms with Crippen molar-refractivity contribution in [3.8, 4) is 23.5 Å². The first-order valence-electron chi connectivity index (χ1n) is 11.7. The van der Waals surface area contributed by atoms with Crippen molar-refractivity contribution >= 4 is 23.3 Å². The fraction of sp³-hybridized carbons (Fsp3) is 0.407. The molecule has 1 aromatic heterocycles. The number of hydrogen-bond acceptors (Lipinski definition) is 4. The van der Waals surface area contributed by atoms with Crippen molar-refractivity contribution in [3.63, 3.8) is 0 Å². The van der Waals surface area contributed by atoms with Crippen LogP contribution in [0.3, 0.4) is 0 Å². The summed E-state index contributed by atoms with van der Waals surface area (Å²) >= 11 is 0. The molecule has 2 aliphatic heterocycles. The lowest BCUT2D eigenvalue weighted by Crippen LogP contribution is -2.52. The SMILES string of the molecule is C#CC.CC.CC/C=C(\C)c1c(-c2ccc3c(c2)CN(C2CCC(=O)NC2=O)C3=O)cnn1C. The number of rotatable bonds is 4. The van der Waals surface area contributed by atoms with Crippen LogP contribution in [0.4, 0.5) is 0 Å². The van der Waals surface area contributed by atoms with Crippen LogP contribution >= 0.6 is 0 Å². The van der Waals surface area contributed by atoms with E-state index in [-0.39, 0.29) is 18.2 Å². The molecule has 3 heterocycles. The lowest BCUT2D eigenvalue weighted by atomic mass is 9.98. The first-order valence-corrected chi connectivity index (χ1v) is 11.7. The predicted octanol–water partition coefficient (Wildman–Crippen LogP) is 4.33. The van der Waals surface area contributed by atoms with E-state index >= 15 is 0 Å². The van der Waals surface area contributed by atoms with Crippen LogP contribution in [0.15, 0.2) is 30.5 Å². The van der Waals surface area contributed by atoms with Crippen molar-refractivity contribution < 1.29 is 14.4 Å². The van der Waals surface area contributed by atoms with Gasteiger partial charge in [0.05, 0.1) is 11.9 Å². The number of nitrogens with zero attached hydrogens (tertiary/aromatic N) is 3. The van der Waals surface area contributed by atoms with Gasteiger partial charge in [-0.2, -0.15) is 5.10 Å². The number of carbonyl (C=O) groups is 3. The van der Waals surface area contributed by atoms with Crippen LogP contribution in [0.5, 0.6) is 0 Å². The highest BCUT2D eigenvalue weighted by Gasteiger charge is 2.39. The number of imide groups is 1. The van der Waals surface area contributed by atoms with Crippen molar-refractivity contribution in [1.82, 2.24) is 20.0 Å². The van der Waals surface area contributed by atoms with Crippen LogP contribution in [0.25, 0.3) is 16.7 Å². The third-order valence-electron chi connectivity index (χ3n) is 5.66. The molecule has 2 aliphatic rings. The van der Waals surface area contributed by atoms with Crippen LogP contribution < -0.4 is 5.32 Å². The van der Waals surface area contributed by atoms with Crippen molar-refractivity contribution in [2.75, 3.05) is 0 Å². The molecule has 180 valence electrons. The fourth-order valence-corrected chi connectivity index (χ4v) is 4.26. The number of terminal acetylenes is 1.